The van der Waals surface area contributed by atoms with Crippen LogP contribution in [0.2, 0.25) is 0 Å². The minimum atomic E-state index is -1.25. The highest BCUT2D eigenvalue weighted by atomic mass is 79.9. The van der Waals surface area contributed by atoms with Gasteiger partial charge in [-0.05, 0) is 48.9 Å². The summed E-state index contributed by atoms with van der Waals surface area (Å²) in [6.45, 7) is 1.16. The van der Waals surface area contributed by atoms with Gasteiger partial charge in [0.2, 0.25) is 11.8 Å². The van der Waals surface area contributed by atoms with Gasteiger partial charge >= 0.3 is 6.03 Å². The molecule has 144 valence electrons. The normalized spacial score (nSPS) is 18.7. The molecule has 5 amide bonds. The van der Waals surface area contributed by atoms with Gasteiger partial charge in [-0.2, -0.15) is 0 Å². The van der Waals surface area contributed by atoms with Gasteiger partial charge in [-0.15, -0.1) is 0 Å². The Kier molecular flexibility index (Phi) is 5.19. The lowest BCUT2D eigenvalue weighted by Crippen LogP contribution is -2.42. The molecule has 28 heavy (non-hydrogen) atoms. The van der Waals surface area contributed by atoms with Crippen LogP contribution >= 0.6 is 15.9 Å². The van der Waals surface area contributed by atoms with Crippen LogP contribution in [0.5, 0.6) is 0 Å². The lowest BCUT2D eigenvalue weighted by molar-refractivity contribution is -0.133. The monoisotopic (exact) mass is 444 g/mol. The van der Waals surface area contributed by atoms with Gasteiger partial charge in [-0.25, -0.2) is 4.79 Å². The van der Waals surface area contributed by atoms with E-state index in [1.165, 1.54) is 24.3 Å². The maximum atomic E-state index is 12.8. The van der Waals surface area contributed by atoms with Crippen molar-refractivity contribution in [1.29, 1.82) is 0 Å². The average molecular weight is 445 g/mol. The van der Waals surface area contributed by atoms with Crippen LogP contribution in [0, 0.1) is 0 Å². The van der Waals surface area contributed by atoms with Gasteiger partial charge in [0.05, 0.1) is 0 Å². The zero-order valence-corrected chi connectivity index (χ0v) is 16.4. The van der Waals surface area contributed by atoms with Gasteiger partial charge < -0.3 is 16.4 Å². The van der Waals surface area contributed by atoms with Crippen molar-refractivity contribution in [3.8, 4) is 0 Å². The van der Waals surface area contributed by atoms with E-state index < -0.39 is 35.8 Å². The number of hydrogen-bond acceptors (Lipinski definition) is 4. The molecule has 1 aliphatic rings. The van der Waals surface area contributed by atoms with Crippen molar-refractivity contribution >= 4 is 45.4 Å². The lowest BCUT2D eigenvalue weighted by atomic mass is 9.92. The topological polar surface area (TPSA) is 122 Å². The highest BCUT2D eigenvalue weighted by molar-refractivity contribution is 9.10. The van der Waals surface area contributed by atoms with Gasteiger partial charge in [0.15, 0.2) is 0 Å². The maximum Gasteiger partial charge on any atom is 0.325 e. The molecule has 0 saturated carbocycles. The molecule has 1 atom stereocenters. The Balaban J connectivity index is 1.70. The summed E-state index contributed by atoms with van der Waals surface area (Å²) in [5.41, 5.74) is 5.25. The third kappa shape index (κ3) is 3.74. The van der Waals surface area contributed by atoms with Gasteiger partial charge in [-0.1, -0.05) is 28.1 Å². The Labute approximate surface area is 169 Å². The Morgan fingerprint density at radius 1 is 1.11 bits per heavy atom. The first-order valence-electron chi connectivity index (χ1n) is 8.30. The smallest absolute Gasteiger partial charge is 0.325 e. The summed E-state index contributed by atoms with van der Waals surface area (Å²) < 4.78 is 0.843. The number of benzene rings is 2. The summed E-state index contributed by atoms with van der Waals surface area (Å²) in [5.74, 6) is -1.64. The molecule has 9 heteroatoms. The second kappa shape index (κ2) is 7.43. The van der Waals surface area contributed by atoms with Crippen LogP contribution in [0.3, 0.4) is 0 Å². The fraction of sp³-hybridized carbons (Fsp3) is 0.158. The number of urea groups is 1. The van der Waals surface area contributed by atoms with Gasteiger partial charge in [-0.3, -0.25) is 19.3 Å². The molecule has 1 heterocycles. The van der Waals surface area contributed by atoms with Crippen molar-refractivity contribution < 1.29 is 19.2 Å². The molecule has 0 aromatic heterocycles. The predicted molar refractivity (Wildman–Crippen MR) is 105 cm³/mol. The minimum absolute atomic E-state index is 0.303. The summed E-state index contributed by atoms with van der Waals surface area (Å²) in [6.07, 6.45) is 0. The van der Waals surface area contributed by atoms with E-state index in [1.807, 2.05) is 0 Å². The van der Waals surface area contributed by atoms with Crippen LogP contribution in [-0.2, 0) is 15.1 Å². The number of nitrogens with two attached hydrogens (primary N) is 1. The average Bonchev–Trinajstić information content (AvgIpc) is 2.86. The third-order valence-electron chi connectivity index (χ3n) is 4.45. The van der Waals surface area contributed by atoms with E-state index in [2.05, 4.69) is 26.6 Å². The highest BCUT2D eigenvalue weighted by Crippen LogP contribution is 2.29. The molecular weight excluding hydrogens is 428 g/mol. The summed E-state index contributed by atoms with van der Waals surface area (Å²) in [6, 6.07) is 12.3. The summed E-state index contributed by atoms with van der Waals surface area (Å²) >= 11 is 3.33. The van der Waals surface area contributed by atoms with E-state index in [1.54, 1.807) is 31.2 Å². The summed E-state index contributed by atoms with van der Waals surface area (Å²) in [5, 5.41) is 5.23. The summed E-state index contributed by atoms with van der Waals surface area (Å²) in [4.78, 5) is 49.4. The number of carbonyl (C=O) groups excluding carboxylic acids is 4. The van der Waals surface area contributed by atoms with E-state index in [0.717, 1.165) is 9.37 Å². The van der Waals surface area contributed by atoms with Crippen molar-refractivity contribution in [1.82, 2.24) is 10.2 Å². The molecule has 1 saturated heterocycles. The highest BCUT2D eigenvalue weighted by Gasteiger charge is 2.49. The Hall–Kier alpha value is -3.20. The molecule has 0 unspecified atom stereocenters. The third-order valence-corrected chi connectivity index (χ3v) is 4.98. The molecule has 0 aliphatic carbocycles. The van der Waals surface area contributed by atoms with Crippen molar-refractivity contribution in [2.75, 3.05) is 11.9 Å². The molecule has 0 bridgehead atoms. The summed E-state index contributed by atoms with van der Waals surface area (Å²) in [7, 11) is 0. The SMILES string of the molecule is C[C@@]1(c2ccc(Br)cc2)NC(=O)N(CC(=O)Nc2ccc(C(N)=O)cc2)C1=O. The van der Waals surface area contributed by atoms with Crippen molar-refractivity contribution in [2.45, 2.75) is 12.5 Å². The number of amides is 5. The number of nitrogens with one attached hydrogen (secondary N) is 2. The number of hydrogen-bond donors (Lipinski definition) is 3. The molecule has 3 rings (SSSR count). The van der Waals surface area contributed by atoms with E-state index in [-0.39, 0.29) is 0 Å². The molecule has 8 nitrogen and oxygen atoms in total. The van der Waals surface area contributed by atoms with Crippen LogP contribution in [0.4, 0.5) is 10.5 Å². The second-order valence-corrected chi connectivity index (χ2v) is 7.36. The van der Waals surface area contributed by atoms with Crippen LogP contribution < -0.4 is 16.4 Å². The van der Waals surface area contributed by atoms with E-state index in [0.29, 0.717) is 16.8 Å². The van der Waals surface area contributed by atoms with Crippen LogP contribution in [0.1, 0.15) is 22.8 Å². The number of nitrogens with zero attached hydrogens (tertiary/aromatic N) is 1. The number of anilines is 1. The zero-order chi connectivity index (χ0) is 20.5. The quantitative estimate of drug-likeness (QED) is 0.609. The van der Waals surface area contributed by atoms with E-state index >= 15 is 0 Å². The van der Waals surface area contributed by atoms with Crippen LogP contribution in [-0.4, -0.2) is 35.2 Å². The van der Waals surface area contributed by atoms with Crippen LogP contribution in [0.15, 0.2) is 53.0 Å². The number of halogens is 1. The number of carbonyl (C=O) groups is 4. The van der Waals surface area contributed by atoms with Gasteiger partial charge in [0, 0.05) is 15.7 Å². The van der Waals surface area contributed by atoms with Crippen molar-refractivity contribution in [3.63, 3.8) is 0 Å². The van der Waals surface area contributed by atoms with Crippen LogP contribution in [0.25, 0.3) is 0 Å². The fourth-order valence-corrected chi connectivity index (χ4v) is 3.15. The number of imide groups is 1. The minimum Gasteiger partial charge on any atom is -0.366 e. The first kappa shape index (κ1) is 19.6. The molecule has 2 aromatic rings. The van der Waals surface area contributed by atoms with Gasteiger partial charge in [0.25, 0.3) is 5.91 Å². The molecule has 1 fully saturated rings. The Morgan fingerprint density at radius 3 is 2.29 bits per heavy atom. The van der Waals surface area contributed by atoms with Crippen molar-refractivity contribution in [2.24, 2.45) is 5.73 Å². The standard InChI is InChI=1S/C19H17BrN4O4/c1-19(12-4-6-13(20)7-5-12)17(27)24(18(28)23-19)10-15(25)22-14-8-2-11(3-9-14)16(21)26/h2-9H,10H2,1H3,(H2,21,26)(H,22,25)(H,23,28)/t19-/m0/s1. The molecule has 2 aromatic carbocycles. The number of rotatable bonds is 5. The number of primary amides is 1. The zero-order valence-electron chi connectivity index (χ0n) is 14.9. The van der Waals surface area contributed by atoms with Crippen molar-refractivity contribution in [3.05, 3.63) is 64.1 Å². The molecular formula is C19H17BrN4O4. The first-order chi connectivity index (χ1) is 13.2. The maximum absolute atomic E-state index is 12.8. The fourth-order valence-electron chi connectivity index (χ4n) is 2.88. The largest absolute Gasteiger partial charge is 0.366 e. The molecule has 0 radical (unpaired) electrons. The molecule has 4 N–H and O–H groups in total. The lowest BCUT2D eigenvalue weighted by Gasteiger charge is -2.22. The van der Waals surface area contributed by atoms with Gasteiger partial charge in [0.1, 0.15) is 12.1 Å². The van der Waals surface area contributed by atoms with E-state index in [9.17, 15) is 19.2 Å². The Morgan fingerprint density at radius 2 is 1.71 bits per heavy atom. The Bertz CT molecular complexity index is 959. The van der Waals surface area contributed by atoms with E-state index in [4.69, 9.17) is 5.73 Å². The second-order valence-electron chi connectivity index (χ2n) is 6.44. The molecule has 1 aliphatic heterocycles. The first-order valence-corrected chi connectivity index (χ1v) is 9.10. The molecule has 0 spiro atoms. The predicted octanol–water partition coefficient (Wildman–Crippen LogP) is 1.95.